The highest BCUT2D eigenvalue weighted by Crippen LogP contribution is 2.69. The van der Waals surface area contributed by atoms with E-state index in [2.05, 4.69) is 40.7 Å². The average Bonchev–Trinajstić information content (AvgIpc) is 3.04. The van der Waals surface area contributed by atoms with Crippen molar-refractivity contribution in [1.82, 2.24) is 0 Å². The van der Waals surface area contributed by atoms with Gasteiger partial charge in [0.25, 0.3) is 0 Å². The molecule has 4 rings (SSSR count). The Morgan fingerprint density at radius 2 is 1.72 bits per heavy atom. The zero-order valence-corrected chi connectivity index (χ0v) is 21.9. The minimum atomic E-state index is -0.789. The van der Waals surface area contributed by atoms with Crippen LogP contribution in [0, 0.1) is 40.4 Å². The van der Waals surface area contributed by atoms with Gasteiger partial charge < -0.3 is 15.3 Å². The maximum atomic E-state index is 11.9. The molecule has 0 unspecified atom stereocenters. The Morgan fingerprint density at radius 3 is 2.34 bits per heavy atom. The van der Waals surface area contributed by atoms with Crippen LogP contribution in [0.2, 0.25) is 0 Å². The van der Waals surface area contributed by atoms with Crippen molar-refractivity contribution in [3.8, 4) is 0 Å². The molecule has 4 aliphatic rings. The van der Waals surface area contributed by atoms with Crippen molar-refractivity contribution in [2.45, 2.75) is 129 Å². The van der Waals surface area contributed by atoms with Gasteiger partial charge in [-0.3, -0.25) is 0 Å². The molecular formula is C29H50O3. The highest BCUT2D eigenvalue weighted by Gasteiger charge is 2.64. The van der Waals surface area contributed by atoms with Crippen molar-refractivity contribution < 1.29 is 15.3 Å². The second kappa shape index (κ2) is 7.82. The van der Waals surface area contributed by atoms with E-state index in [1.54, 1.807) is 0 Å². The van der Waals surface area contributed by atoms with E-state index in [4.69, 9.17) is 0 Å². The van der Waals surface area contributed by atoms with Gasteiger partial charge >= 0.3 is 0 Å². The smallest absolute Gasteiger partial charge is 0.0836 e. The van der Waals surface area contributed by atoms with E-state index >= 15 is 0 Å². The standard InChI is InChI=1S/C29H50O3/c1-8-29(32)16-15-26(5)20(18-29)17-28(7,31)24-22-10-9-21(19(2)11-13-25(3,4)30)27(22,6)14-12-23(24)26/h17,19,21-24,30-32H,8-16,18H2,1-7H3/t19-,21-,22+,23+,24+,26+,27-,28-,29+/m1/s1. The first kappa shape index (κ1) is 24.7. The molecule has 3 N–H and O–H groups in total. The van der Waals surface area contributed by atoms with Crippen molar-refractivity contribution >= 4 is 0 Å². The van der Waals surface area contributed by atoms with Gasteiger partial charge in [-0.25, -0.2) is 0 Å². The van der Waals surface area contributed by atoms with Crippen molar-refractivity contribution in [1.29, 1.82) is 0 Å². The molecule has 0 aliphatic heterocycles. The Labute approximate surface area is 197 Å². The minimum Gasteiger partial charge on any atom is -0.390 e. The normalized spacial score (nSPS) is 49.6. The van der Waals surface area contributed by atoms with Crippen LogP contribution in [-0.2, 0) is 0 Å². The number of hydrogen-bond donors (Lipinski definition) is 3. The van der Waals surface area contributed by atoms with Gasteiger partial charge in [0.1, 0.15) is 0 Å². The summed E-state index contributed by atoms with van der Waals surface area (Å²) in [5.41, 5.74) is -0.231. The number of aliphatic hydroxyl groups is 3. The fraction of sp³-hybridized carbons (Fsp3) is 0.931. The van der Waals surface area contributed by atoms with Crippen LogP contribution in [0.1, 0.15) is 113 Å². The first-order valence-corrected chi connectivity index (χ1v) is 13.5. The largest absolute Gasteiger partial charge is 0.390 e. The molecule has 0 aromatic carbocycles. The molecule has 0 aromatic heterocycles. The topological polar surface area (TPSA) is 60.7 Å². The van der Waals surface area contributed by atoms with Gasteiger partial charge in [-0.05, 0) is 125 Å². The molecule has 0 spiro atoms. The number of hydrogen-bond acceptors (Lipinski definition) is 3. The summed E-state index contributed by atoms with van der Waals surface area (Å²) in [5, 5.41) is 33.2. The molecule has 0 bridgehead atoms. The van der Waals surface area contributed by atoms with Crippen LogP contribution < -0.4 is 0 Å². The Hall–Kier alpha value is -0.380. The summed E-state index contributed by atoms with van der Waals surface area (Å²) < 4.78 is 0. The maximum Gasteiger partial charge on any atom is 0.0836 e. The lowest BCUT2D eigenvalue weighted by Gasteiger charge is -2.62. The SMILES string of the molecule is CC[C@]1(O)CC[C@@]2(C)C(=C[C@@](C)(O)[C@H]3[C@@H]4CC[C@H]([C@H](C)CCC(C)(C)O)[C@@]4(C)CC[C@@H]32)C1. The van der Waals surface area contributed by atoms with Crippen LogP contribution in [0.15, 0.2) is 11.6 Å². The molecule has 0 heterocycles. The predicted molar refractivity (Wildman–Crippen MR) is 131 cm³/mol. The molecule has 3 heteroatoms. The quantitative estimate of drug-likeness (QED) is 0.437. The molecule has 184 valence electrons. The van der Waals surface area contributed by atoms with E-state index in [0.29, 0.717) is 29.6 Å². The van der Waals surface area contributed by atoms with Crippen LogP contribution in [0.3, 0.4) is 0 Å². The van der Waals surface area contributed by atoms with Gasteiger partial charge in [-0.1, -0.05) is 39.3 Å². The predicted octanol–water partition coefficient (Wildman–Crippen LogP) is 6.25. The van der Waals surface area contributed by atoms with E-state index in [1.165, 1.54) is 31.3 Å². The molecule has 0 radical (unpaired) electrons. The Bertz CT molecular complexity index is 748. The molecule has 0 aromatic rings. The molecule has 0 saturated heterocycles. The Kier molecular flexibility index (Phi) is 6.04. The van der Waals surface area contributed by atoms with E-state index in [1.807, 2.05) is 13.8 Å². The third kappa shape index (κ3) is 3.93. The second-order valence-corrected chi connectivity index (χ2v) is 13.9. The van der Waals surface area contributed by atoms with Crippen molar-refractivity contribution in [3.05, 3.63) is 11.6 Å². The lowest BCUT2D eigenvalue weighted by molar-refractivity contribution is -0.140. The zero-order valence-electron chi connectivity index (χ0n) is 21.9. The fourth-order valence-electron chi connectivity index (χ4n) is 9.11. The van der Waals surface area contributed by atoms with E-state index in [9.17, 15) is 15.3 Å². The maximum absolute atomic E-state index is 11.9. The van der Waals surface area contributed by atoms with Gasteiger partial charge in [0.15, 0.2) is 0 Å². The van der Waals surface area contributed by atoms with Gasteiger partial charge in [0.2, 0.25) is 0 Å². The van der Waals surface area contributed by atoms with Crippen LogP contribution in [0.4, 0.5) is 0 Å². The molecule has 4 aliphatic carbocycles. The molecule has 32 heavy (non-hydrogen) atoms. The van der Waals surface area contributed by atoms with Gasteiger partial charge in [0.05, 0.1) is 16.8 Å². The molecule has 3 fully saturated rings. The molecular weight excluding hydrogens is 396 g/mol. The first-order chi connectivity index (χ1) is 14.7. The molecule has 0 amide bonds. The summed E-state index contributed by atoms with van der Waals surface area (Å²) in [6.07, 6.45) is 12.5. The third-order valence-electron chi connectivity index (χ3n) is 11.2. The summed E-state index contributed by atoms with van der Waals surface area (Å²) in [6.45, 7) is 15.4. The highest BCUT2D eigenvalue weighted by atomic mass is 16.3. The summed E-state index contributed by atoms with van der Waals surface area (Å²) in [6, 6.07) is 0. The molecule has 9 atom stereocenters. The number of rotatable bonds is 5. The van der Waals surface area contributed by atoms with Crippen LogP contribution >= 0.6 is 0 Å². The van der Waals surface area contributed by atoms with E-state index < -0.39 is 16.8 Å². The Balaban J connectivity index is 1.62. The van der Waals surface area contributed by atoms with Crippen molar-refractivity contribution in [2.24, 2.45) is 40.4 Å². The summed E-state index contributed by atoms with van der Waals surface area (Å²) in [4.78, 5) is 0. The van der Waals surface area contributed by atoms with Crippen molar-refractivity contribution in [3.63, 3.8) is 0 Å². The molecule has 3 nitrogen and oxygen atoms in total. The van der Waals surface area contributed by atoms with Crippen molar-refractivity contribution in [2.75, 3.05) is 0 Å². The van der Waals surface area contributed by atoms with Crippen LogP contribution in [0.25, 0.3) is 0 Å². The molecule has 3 saturated carbocycles. The van der Waals surface area contributed by atoms with Gasteiger partial charge in [-0.15, -0.1) is 0 Å². The minimum absolute atomic E-state index is 0.125. The van der Waals surface area contributed by atoms with E-state index in [-0.39, 0.29) is 10.8 Å². The summed E-state index contributed by atoms with van der Waals surface area (Å²) in [7, 11) is 0. The van der Waals surface area contributed by atoms with Crippen LogP contribution in [0.5, 0.6) is 0 Å². The monoisotopic (exact) mass is 446 g/mol. The summed E-state index contributed by atoms with van der Waals surface area (Å²) >= 11 is 0. The van der Waals surface area contributed by atoms with Gasteiger partial charge in [-0.2, -0.15) is 0 Å². The highest BCUT2D eigenvalue weighted by molar-refractivity contribution is 5.32. The number of fused-ring (bicyclic) bond motifs is 5. The van der Waals surface area contributed by atoms with E-state index in [0.717, 1.165) is 38.5 Å². The Morgan fingerprint density at radius 1 is 1.03 bits per heavy atom. The third-order valence-corrected chi connectivity index (χ3v) is 11.2. The zero-order chi connectivity index (χ0) is 23.7. The average molecular weight is 447 g/mol. The van der Waals surface area contributed by atoms with Crippen LogP contribution in [-0.4, -0.2) is 32.1 Å². The lowest BCUT2D eigenvalue weighted by Crippen LogP contribution is -2.59. The van der Waals surface area contributed by atoms with Gasteiger partial charge in [0, 0.05) is 0 Å². The second-order valence-electron chi connectivity index (χ2n) is 13.9. The lowest BCUT2D eigenvalue weighted by atomic mass is 9.43. The summed E-state index contributed by atoms with van der Waals surface area (Å²) in [5.74, 6) is 2.68. The first-order valence-electron chi connectivity index (χ1n) is 13.5. The fourth-order valence-corrected chi connectivity index (χ4v) is 9.11.